The van der Waals surface area contributed by atoms with Gasteiger partial charge in [0.1, 0.15) is 4.99 Å². The molecule has 2 rings (SSSR count). The molecule has 1 aromatic carbocycles. The fraction of sp³-hybridized carbons (Fsp3) is 0.429. The first-order chi connectivity index (χ1) is 8.99. The highest BCUT2D eigenvalue weighted by molar-refractivity contribution is 7.80. The Morgan fingerprint density at radius 2 is 2.21 bits per heavy atom. The number of rotatable bonds is 3. The van der Waals surface area contributed by atoms with Gasteiger partial charge in [-0.25, -0.2) is 0 Å². The second kappa shape index (κ2) is 5.88. The van der Waals surface area contributed by atoms with E-state index in [4.69, 9.17) is 29.6 Å². The quantitative estimate of drug-likeness (QED) is 0.841. The summed E-state index contributed by atoms with van der Waals surface area (Å²) < 4.78 is 0. The van der Waals surface area contributed by atoms with E-state index in [-0.39, 0.29) is 16.8 Å². The normalized spacial score (nSPS) is 22.2. The zero-order valence-electron chi connectivity index (χ0n) is 10.8. The summed E-state index contributed by atoms with van der Waals surface area (Å²) in [6.07, 6.45) is 3.16. The maximum atomic E-state index is 12.3. The summed E-state index contributed by atoms with van der Waals surface area (Å²) in [4.78, 5) is 12.5. The predicted octanol–water partition coefficient (Wildman–Crippen LogP) is 3.35. The molecule has 0 bridgehead atoms. The zero-order chi connectivity index (χ0) is 14.0. The van der Waals surface area contributed by atoms with Gasteiger partial charge >= 0.3 is 0 Å². The second-order valence-electron chi connectivity index (χ2n) is 5.06. The summed E-state index contributed by atoms with van der Waals surface area (Å²) >= 11 is 10.9. The average Bonchev–Trinajstić information content (AvgIpc) is 2.75. The molecule has 1 fully saturated rings. The Hall–Kier alpha value is -1.13. The highest BCUT2D eigenvalue weighted by Crippen LogP contribution is 2.32. The van der Waals surface area contributed by atoms with Crippen LogP contribution < -0.4 is 11.1 Å². The number of nitrogens with one attached hydrogen (secondary N) is 1. The van der Waals surface area contributed by atoms with Gasteiger partial charge in [-0.05, 0) is 37.0 Å². The van der Waals surface area contributed by atoms with Crippen LogP contribution in [0.2, 0.25) is 5.02 Å². The first kappa shape index (κ1) is 14.3. The molecular formula is C14H17ClN2OS. The van der Waals surface area contributed by atoms with E-state index >= 15 is 0 Å². The maximum absolute atomic E-state index is 12.3. The van der Waals surface area contributed by atoms with E-state index in [9.17, 15) is 4.79 Å². The number of thiocarbonyl (C=S) groups is 1. The first-order valence-corrected chi connectivity index (χ1v) is 7.18. The molecule has 0 radical (unpaired) electrons. The molecule has 0 saturated heterocycles. The highest BCUT2D eigenvalue weighted by atomic mass is 35.5. The lowest BCUT2D eigenvalue weighted by Gasteiger charge is -2.17. The number of benzene rings is 1. The minimum Gasteiger partial charge on any atom is -0.389 e. The van der Waals surface area contributed by atoms with Crippen molar-refractivity contribution in [2.45, 2.75) is 26.2 Å². The molecule has 2 unspecified atom stereocenters. The van der Waals surface area contributed by atoms with Crippen molar-refractivity contribution in [3.63, 3.8) is 0 Å². The molecule has 0 aromatic heterocycles. The average molecular weight is 297 g/mol. The van der Waals surface area contributed by atoms with E-state index in [0.29, 0.717) is 22.2 Å². The van der Waals surface area contributed by atoms with Crippen molar-refractivity contribution in [1.82, 2.24) is 0 Å². The van der Waals surface area contributed by atoms with Crippen molar-refractivity contribution in [2.75, 3.05) is 5.32 Å². The largest absolute Gasteiger partial charge is 0.389 e. The van der Waals surface area contributed by atoms with Crippen LogP contribution >= 0.6 is 23.8 Å². The highest BCUT2D eigenvalue weighted by Gasteiger charge is 2.30. The van der Waals surface area contributed by atoms with Crippen molar-refractivity contribution in [2.24, 2.45) is 17.6 Å². The van der Waals surface area contributed by atoms with Gasteiger partial charge in [-0.15, -0.1) is 0 Å². The zero-order valence-corrected chi connectivity index (χ0v) is 12.4. The number of halogens is 1. The Bertz CT molecular complexity index is 518. The number of amides is 1. The molecule has 1 aliphatic rings. The van der Waals surface area contributed by atoms with Crippen LogP contribution in [0, 0.1) is 11.8 Å². The molecule has 102 valence electrons. The van der Waals surface area contributed by atoms with Gasteiger partial charge in [0.15, 0.2) is 0 Å². The lowest BCUT2D eigenvalue weighted by Crippen LogP contribution is -2.26. The van der Waals surface area contributed by atoms with Gasteiger partial charge in [0.2, 0.25) is 5.91 Å². The van der Waals surface area contributed by atoms with Crippen LogP contribution in [0.5, 0.6) is 0 Å². The van der Waals surface area contributed by atoms with Gasteiger partial charge < -0.3 is 11.1 Å². The Morgan fingerprint density at radius 1 is 1.47 bits per heavy atom. The molecule has 3 nitrogen and oxygen atoms in total. The molecule has 19 heavy (non-hydrogen) atoms. The van der Waals surface area contributed by atoms with E-state index in [0.717, 1.165) is 19.3 Å². The van der Waals surface area contributed by atoms with Crippen molar-refractivity contribution < 1.29 is 4.79 Å². The minimum absolute atomic E-state index is 0.0322. The van der Waals surface area contributed by atoms with Gasteiger partial charge in [0, 0.05) is 16.5 Å². The topological polar surface area (TPSA) is 55.1 Å². The van der Waals surface area contributed by atoms with E-state index in [2.05, 4.69) is 12.2 Å². The molecular weight excluding hydrogens is 280 g/mol. The van der Waals surface area contributed by atoms with Crippen molar-refractivity contribution in [3.8, 4) is 0 Å². The third-order valence-corrected chi connectivity index (χ3v) is 4.16. The lowest BCUT2D eigenvalue weighted by atomic mass is 9.97. The van der Waals surface area contributed by atoms with E-state index in [1.807, 2.05) is 0 Å². The van der Waals surface area contributed by atoms with Crippen molar-refractivity contribution in [3.05, 3.63) is 28.8 Å². The molecule has 1 aromatic rings. The summed E-state index contributed by atoms with van der Waals surface area (Å²) in [5.41, 5.74) is 6.91. The smallest absolute Gasteiger partial charge is 0.227 e. The molecule has 0 spiro atoms. The molecule has 2 atom stereocenters. The summed E-state index contributed by atoms with van der Waals surface area (Å²) in [5, 5.41) is 3.46. The van der Waals surface area contributed by atoms with E-state index < -0.39 is 0 Å². The monoisotopic (exact) mass is 296 g/mol. The van der Waals surface area contributed by atoms with E-state index in [1.54, 1.807) is 18.2 Å². The number of carbonyl (C=O) groups excluding carboxylic acids is 1. The molecule has 0 aliphatic heterocycles. The summed E-state index contributed by atoms with van der Waals surface area (Å²) in [6.45, 7) is 2.11. The van der Waals surface area contributed by atoms with Gasteiger partial charge in [0.25, 0.3) is 0 Å². The second-order valence-corrected chi connectivity index (χ2v) is 5.93. The summed E-state index contributed by atoms with van der Waals surface area (Å²) in [7, 11) is 0. The summed E-state index contributed by atoms with van der Waals surface area (Å²) in [5.74, 6) is 0.524. The van der Waals surface area contributed by atoms with Gasteiger partial charge in [-0.3, -0.25) is 4.79 Å². The number of nitrogens with two attached hydrogens (primary N) is 1. The van der Waals surface area contributed by atoms with Crippen LogP contribution in [0.25, 0.3) is 0 Å². The standard InChI is InChI=1S/C14H17ClN2OS/c1-8-3-2-4-10(8)14(18)17-12-7-9(15)5-6-11(12)13(16)19/h5-8,10H,2-4H2,1H3,(H2,16,19)(H,17,18). The Labute approximate surface area is 123 Å². The van der Waals surface area contributed by atoms with Gasteiger partial charge in [0.05, 0.1) is 5.69 Å². The molecule has 1 aliphatic carbocycles. The molecule has 5 heteroatoms. The van der Waals surface area contributed by atoms with Crippen LogP contribution in [-0.2, 0) is 4.79 Å². The van der Waals surface area contributed by atoms with Crippen molar-refractivity contribution >= 4 is 40.4 Å². The third kappa shape index (κ3) is 3.25. The Morgan fingerprint density at radius 3 is 2.79 bits per heavy atom. The number of hydrogen-bond donors (Lipinski definition) is 2. The first-order valence-electron chi connectivity index (χ1n) is 6.39. The Kier molecular flexibility index (Phi) is 4.42. The summed E-state index contributed by atoms with van der Waals surface area (Å²) in [6, 6.07) is 5.13. The number of carbonyl (C=O) groups is 1. The molecule has 1 amide bonds. The maximum Gasteiger partial charge on any atom is 0.227 e. The van der Waals surface area contributed by atoms with Gasteiger partial charge in [-0.2, -0.15) is 0 Å². The SMILES string of the molecule is CC1CCCC1C(=O)Nc1cc(Cl)ccc1C(N)=S. The molecule has 1 saturated carbocycles. The number of hydrogen-bond acceptors (Lipinski definition) is 2. The lowest BCUT2D eigenvalue weighted by molar-refractivity contribution is -0.120. The Balaban J connectivity index is 2.20. The van der Waals surface area contributed by atoms with E-state index in [1.165, 1.54) is 0 Å². The molecule has 0 heterocycles. The fourth-order valence-corrected chi connectivity index (χ4v) is 2.95. The van der Waals surface area contributed by atoms with Crippen LogP contribution in [0.1, 0.15) is 31.7 Å². The predicted molar refractivity (Wildman–Crippen MR) is 82.5 cm³/mol. The van der Waals surface area contributed by atoms with Crippen LogP contribution in [-0.4, -0.2) is 10.9 Å². The van der Waals surface area contributed by atoms with Crippen LogP contribution in [0.4, 0.5) is 5.69 Å². The minimum atomic E-state index is 0.0322. The number of anilines is 1. The van der Waals surface area contributed by atoms with Gasteiger partial charge in [-0.1, -0.05) is 37.2 Å². The van der Waals surface area contributed by atoms with Crippen molar-refractivity contribution in [1.29, 1.82) is 0 Å². The van der Waals surface area contributed by atoms with Crippen LogP contribution in [0.15, 0.2) is 18.2 Å². The molecule has 3 N–H and O–H groups in total. The fourth-order valence-electron chi connectivity index (χ4n) is 2.60. The third-order valence-electron chi connectivity index (χ3n) is 3.70. The van der Waals surface area contributed by atoms with Crippen LogP contribution in [0.3, 0.4) is 0 Å².